The highest BCUT2D eigenvalue weighted by atomic mass is 16.2. The van der Waals surface area contributed by atoms with Crippen LogP contribution in [0.25, 0.3) is 0 Å². The SMILES string of the molecule is CC(CN1CCN(Cc2ccccc2)CC1)NC(=O)C(c1ccccc1)N(C)C. The van der Waals surface area contributed by atoms with Crippen molar-refractivity contribution in [3.8, 4) is 0 Å². The molecular formula is C24H34N4O. The second-order valence-corrected chi connectivity index (χ2v) is 8.25. The lowest BCUT2D eigenvalue weighted by Gasteiger charge is -2.36. The first-order valence-corrected chi connectivity index (χ1v) is 10.5. The molecule has 2 aromatic rings. The summed E-state index contributed by atoms with van der Waals surface area (Å²) in [6.45, 7) is 8.24. The zero-order chi connectivity index (χ0) is 20.6. The van der Waals surface area contributed by atoms with Crippen LogP contribution in [0.1, 0.15) is 24.1 Å². The largest absolute Gasteiger partial charge is 0.351 e. The quantitative estimate of drug-likeness (QED) is 0.747. The molecule has 0 aliphatic carbocycles. The Kier molecular flexibility index (Phi) is 7.81. The summed E-state index contributed by atoms with van der Waals surface area (Å²) in [5.74, 6) is 0.0661. The third-order valence-electron chi connectivity index (χ3n) is 5.51. The van der Waals surface area contributed by atoms with Gasteiger partial charge in [0.25, 0.3) is 0 Å². The van der Waals surface area contributed by atoms with E-state index in [1.807, 2.05) is 49.3 Å². The first-order chi connectivity index (χ1) is 14.0. The summed E-state index contributed by atoms with van der Waals surface area (Å²) in [6.07, 6.45) is 0. The number of carbonyl (C=O) groups is 1. The zero-order valence-electron chi connectivity index (χ0n) is 17.9. The van der Waals surface area contributed by atoms with Gasteiger partial charge in [-0.05, 0) is 32.1 Å². The molecule has 0 radical (unpaired) electrons. The summed E-state index contributed by atoms with van der Waals surface area (Å²) >= 11 is 0. The van der Waals surface area contributed by atoms with Gasteiger partial charge in [-0.3, -0.25) is 19.5 Å². The molecular weight excluding hydrogens is 360 g/mol. The summed E-state index contributed by atoms with van der Waals surface area (Å²) < 4.78 is 0. The number of benzene rings is 2. The number of amides is 1. The molecule has 1 aliphatic heterocycles. The number of rotatable bonds is 8. The monoisotopic (exact) mass is 394 g/mol. The molecule has 1 amide bonds. The highest BCUT2D eigenvalue weighted by Gasteiger charge is 2.25. The minimum atomic E-state index is -0.263. The van der Waals surface area contributed by atoms with Crippen molar-refractivity contribution in [3.63, 3.8) is 0 Å². The van der Waals surface area contributed by atoms with Crippen molar-refractivity contribution in [2.24, 2.45) is 0 Å². The van der Waals surface area contributed by atoms with Crippen molar-refractivity contribution >= 4 is 5.91 Å². The summed E-state index contributed by atoms with van der Waals surface area (Å²) in [7, 11) is 3.90. The Hall–Kier alpha value is -2.21. The lowest BCUT2D eigenvalue weighted by molar-refractivity contribution is -0.126. The number of hydrogen-bond acceptors (Lipinski definition) is 4. The van der Waals surface area contributed by atoms with Crippen LogP contribution in [-0.4, -0.2) is 73.5 Å². The minimum absolute atomic E-state index is 0.0661. The molecule has 29 heavy (non-hydrogen) atoms. The molecule has 0 bridgehead atoms. The van der Waals surface area contributed by atoms with Gasteiger partial charge in [0.05, 0.1) is 0 Å². The van der Waals surface area contributed by atoms with Gasteiger partial charge in [0.15, 0.2) is 0 Å². The highest BCUT2D eigenvalue weighted by molar-refractivity contribution is 5.83. The minimum Gasteiger partial charge on any atom is -0.351 e. The second-order valence-electron chi connectivity index (χ2n) is 8.25. The van der Waals surface area contributed by atoms with E-state index in [4.69, 9.17) is 0 Å². The maximum atomic E-state index is 12.9. The van der Waals surface area contributed by atoms with Crippen LogP contribution in [0.4, 0.5) is 0 Å². The summed E-state index contributed by atoms with van der Waals surface area (Å²) in [5.41, 5.74) is 2.40. The van der Waals surface area contributed by atoms with E-state index in [0.29, 0.717) is 0 Å². The molecule has 5 heteroatoms. The normalized spacial score (nSPS) is 17.8. The fourth-order valence-electron chi connectivity index (χ4n) is 4.05. The number of piperazine rings is 1. The van der Waals surface area contributed by atoms with Gasteiger partial charge in [0, 0.05) is 45.3 Å². The summed E-state index contributed by atoms with van der Waals surface area (Å²) in [5, 5.41) is 3.22. The van der Waals surface area contributed by atoms with E-state index in [1.54, 1.807) is 0 Å². The average Bonchev–Trinajstić information content (AvgIpc) is 2.71. The van der Waals surface area contributed by atoms with Gasteiger partial charge in [0.1, 0.15) is 6.04 Å². The molecule has 1 N–H and O–H groups in total. The van der Waals surface area contributed by atoms with Crippen LogP contribution in [0, 0.1) is 0 Å². The summed E-state index contributed by atoms with van der Waals surface area (Å²) in [4.78, 5) is 19.8. The Bertz CT molecular complexity index is 742. The molecule has 2 unspecified atom stereocenters. The van der Waals surface area contributed by atoms with Gasteiger partial charge in [-0.15, -0.1) is 0 Å². The standard InChI is InChI=1S/C24H34N4O/c1-20(25-24(29)23(26(2)3)22-12-8-5-9-13-22)18-27-14-16-28(17-15-27)19-21-10-6-4-7-11-21/h4-13,20,23H,14-19H2,1-3H3,(H,25,29). The molecule has 0 spiro atoms. The van der Waals surface area contributed by atoms with Gasteiger partial charge in [0.2, 0.25) is 5.91 Å². The smallest absolute Gasteiger partial charge is 0.242 e. The molecule has 1 fully saturated rings. The van der Waals surface area contributed by atoms with Crippen molar-refractivity contribution in [1.29, 1.82) is 0 Å². The van der Waals surface area contributed by atoms with Gasteiger partial charge < -0.3 is 5.32 Å². The number of hydrogen-bond donors (Lipinski definition) is 1. The zero-order valence-corrected chi connectivity index (χ0v) is 17.9. The number of carbonyl (C=O) groups excluding carboxylic acids is 1. The molecule has 1 heterocycles. The molecule has 3 rings (SSSR count). The molecule has 0 saturated carbocycles. The second kappa shape index (κ2) is 10.5. The Balaban J connectivity index is 1.45. The maximum absolute atomic E-state index is 12.9. The van der Waals surface area contributed by atoms with E-state index in [1.165, 1.54) is 5.56 Å². The first kappa shape index (κ1) is 21.5. The fourth-order valence-corrected chi connectivity index (χ4v) is 4.05. The third-order valence-corrected chi connectivity index (χ3v) is 5.51. The lowest BCUT2D eigenvalue weighted by atomic mass is 10.0. The van der Waals surface area contributed by atoms with E-state index >= 15 is 0 Å². The van der Waals surface area contributed by atoms with E-state index in [0.717, 1.165) is 44.8 Å². The van der Waals surface area contributed by atoms with E-state index in [9.17, 15) is 4.79 Å². The first-order valence-electron chi connectivity index (χ1n) is 10.5. The van der Waals surface area contributed by atoms with Crippen LogP contribution in [0.2, 0.25) is 0 Å². The van der Waals surface area contributed by atoms with E-state index in [2.05, 4.69) is 52.4 Å². The van der Waals surface area contributed by atoms with Crippen LogP contribution in [0.5, 0.6) is 0 Å². The Morgan fingerprint density at radius 3 is 2.07 bits per heavy atom. The molecule has 2 atom stereocenters. The van der Waals surface area contributed by atoms with E-state index in [-0.39, 0.29) is 18.0 Å². The molecule has 156 valence electrons. The molecule has 0 aromatic heterocycles. The van der Waals surface area contributed by atoms with Crippen molar-refractivity contribution in [2.75, 3.05) is 46.8 Å². The van der Waals surface area contributed by atoms with Crippen molar-refractivity contribution < 1.29 is 4.79 Å². The van der Waals surface area contributed by atoms with Crippen LogP contribution >= 0.6 is 0 Å². The van der Waals surface area contributed by atoms with Crippen LogP contribution in [0.3, 0.4) is 0 Å². The van der Waals surface area contributed by atoms with Gasteiger partial charge in [-0.1, -0.05) is 60.7 Å². The maximum Gasteiger partial charge on any atom is 0.242 e. The summed E-state index contributed by atoms with van der Waals surface area (Å²) in [6, 6.07) is 20.5. The predicted octanol–water partition coefficient (Wildman–Crippen LogP) is 2.61. The molecule has 2 aromatic carbocycles. The Labute approximate surface area is 175 Å². The van der Waals surface area contributed by atoms with Crippen molar-refractivity contribution in [3.05, 3.63) is 71.8 Å². The van der Waals surface area contributed by atoms with Gasteiger partial charge >= 0.3 is 0 Å². The fraction of sp³-hybridized carbons (Fsp3) is 0.458. The third kappa shape index (κ3) is 6.39. The molecule has 5 nitrogen and oxygen atoms in total. The Morgan fingerprint density at radius 2 is 1.48 bits per heavy atom. The number of likely N-dealkylation sites (N-methyl/N-ethyl adjacent to an activating group) is 1. The van der Waals surface area contributed by atoms with Crippen LogP contribution in [-0.2, 0) is 11.3 Å². The Morgan fingerprint density at radius 1 is 0.931 bits per heavy atom. The molecule has 1 saturated heterocycles. The number of nitrogens with one attached hydrogen (secondary N) is 1. The van der Waals surface area contributed by atoms with Crippen LogP contribution < -0.4 is 5.32 Å². The molecule has 1 aliphatic rings. The lowest BCUT2D eigenvalue weighted by Crippen LogP contribution is -2.51. The predicted molar refractivity (Wildman–Crippen MR) is 119 cm³/mol. The number of nitrogens with zero attached hydrogens (tertiary/aromatic N) is 3. The van der Waals surface area contributed by atoms with Gasteiger partial charge in [-0.25, -0.2) is 0 Å². The topological polar surface area (TPSA) is 38.8 Å². The average molecular weight is 395 g/mol. The van der Waals surface area contributed by atoms with Gasteiger partial charge in [-0.2, -0.15) is 0 Å². The van der Waals surface area contributed by atoms with Crippen molar-refractivity contribution in [2.45, 2.75) is 25.6 Å². The van der Waals surface area contributed by atoms with Crippen molar-refractivity contribution in [1.82, 2.24) is 20.0 Å². The van der Waals surface area contributed by atoms with E-state index < -0.39 is 0 Å². The van der Waals surface area contributed by atoms with Crippen LogP contribution in [0.15, 0.2) is 60.7 Å². The highest BCUT2D eigenvalue weighted by Crippen LogP contribution is 2.18.